The van der Waals surface area contributed by atoms with E-state index in [2.05, 4.69) is 6.92 Å². The van der Waals surface area contributed by atoms with Gasteiger partial charge in [-0.25, -0.2) is 0 Å². The molecule has 1 N–H and O–H groups in total. The average Bonchev–Trinajstić information content (AvgIpc) is 2.17. The Morgan fingerprint density at radius 3 is 2.43 bits per heavy atom. The van der Waals surface area contributed by atoms with Crippen LogP contribution in [-0.2, 0) is 4.79 Å². The summed E-state index contributed by atoms with van der Waals surface area (Å²) in [5.41, 5.74) is -0.00466. The Labute approximate surface area is 86.3 Å². The molecule has 0 aromatic rings. The topological polar surface area (TPSA) is 37.3 Å². The number of carbonyl (C=O) groups is 1. The maximum atomic E-state index is 11.4. The van der Waals surface area contributed by atoms with Gasteiger partial charge in [0.1, 0.15) is 5.60 Å². The lowest BCUT2D eigenvalue weighted by Gasteiger charge is -2.16. The zero-order valence-corrected chi connectivity index (χ0v) is 9.50. The molecule has 0 aliphatic heterocycles. The van der Waals surface area contributed by atoms with Gasteiger partial charge in [-0.3, -0.25) is 4.79 Å². The Bertz CT molecular complexity index is 247. The molecule has 0 saturated heterocycles. The molecule has 0 aliphatic carbocycles. The predicted octanol–water partition coefficient (Wildman–Crippen LogP) is 2.63. The number of allylic oxidation sites excluding steroid dienone is 3. The van der Waals surface area contributed by atoms with E-state index >= 15 is 0 Å². The summed E-state index contributed by atoms with van der Waals surface area (Å²) >= 11 is 0. The molecule has 14 heavy (non-hydrogen) atoms. The van der Waals surface area contributed by atoms with E-state index in [1.54, 1.807) is 13.0 Å². The summed E-state index contributed by atoms with van der Waals surface area (Å²) in [4.78, 5) is 11.4. The van der Waals surface area contributed by atoms with E-state index < -0.39 is 5.60 Å². The summed E-state index contributed by atoms with van der Waals surface area (Å²) in [6.07, 6.45) is 6.44. The normalized spacial score (nSPS) is 17.1. The molecular formula is C12H20O2. The fourth-order valence-corrected chi connectivity index (χ4v) is 0.771. The van der Waals surface area contributed by atoms with Gasteiger partial charge >= 0.3 is 0 Å². The first-order valence-electron chi connectivity index (χ1n) is 5.04. The Morgan fingerprint density at radius 1 is 1.43 bits per heavy atom. The first kappa shape index (κ1) is 13.1. The summed E-state index contributed by atoms with van der Waals surface area (Å²) in [5, 5.41) is 9.59. The molecular weight excluding hydrogens is 176 g/mol. The molecule has 0 saturated carbocycles. The van der Waals surface area contributed by atoms with Gasteiger partial charge in [0, 0.05) is 0 Å². The van der Waals surface area contributed by atoms with Gasteiger partial charge in [-0.2, -0.15) is 0 Å². The first-order chi connectivity index (χ1) is 6.44. The van der Waals surface area contributed by atoms with Crippen molar-refractivity contribution in [2.24, 2.45) is 0 Å². The van der Waals surface area contributed by atoms with Crippen molar-refractivity contribution in [1.29, 1.82) is 0 Å². The minimum absolute atomic E-state index is 0.236. The van der Waals surface area contributed by atoms with Crippen molar-refractivity contribution in [3.8, 4) is 0 Å². The van der Waals surface area contributed by atoms with Crippen LogP contribution in [0.5, 0.6) is 0 Å². The Hall–Kier alpha value is -0.890. The lowest BCUT2D eigenvalue weighted by atomic mass is 9.97. The lowest BCUT2D eigenvalue weighted by molar-refractivity contribution is -0.130. The molecule has 80 valence electrons. The maximum Gasteiger partial charge on any atom is 0.186 e. The van der Waals surface area contributed by atoms with Gasteiger partial charge in [-0.15, -0.1) is 0 Å². The van der Waals surface area contributed by atoms with Gasteiger partial charge in [0.25, 0.3) is 0 Å². The third-order valence-corrected chi connectivity index (χ3v) is 2.41. The van der Waals surface area contributed by atoms with Crippen LogP contribution < -0.4 is 0 Å². The highest BCUT2D eigenvalue weighted by atomic mass is 16.3. The number of rotatable bonds is 5. The Morgan fingerprint density at radius 2 is 2.00 bits per heavy atom. The summed E-state index contributed by atoms with van der Waals surface area (Å²) in [7, 11) is 0. The average molecular weight is 196 g/mol. The van der Waals surface area contributed by atoms with Crippen molar-refractivity contribution in [3.05, 3.63) is 23.8 Å². The van der Waals surface area contributed by atoms with Crippen LogP contribution in [0.3, 0.4) is 0 Å². The molecule has 0 fully saturated rings. The summed E-state index contributed by atoms with van der Waals surface area (Å²) in [6.45, 7) is 7.39. The second-order valence-electron chi connectivity index (χ2n) is 3.72. The van der Waals surface area contributed by atoms with Crippen LogP contribution in [0, 0.1) is 0 Å². The van der Waals surface area contributed by atoms with Crippen LogP contribution in [0.25, 0.3) is 0 Å². The molecule has 2 nitrogen and oxygen atoms in total. The smallest absolute Gasteiger partial charge is 0.186 e. The molecule has 1 unspecified atom stereocenters. The van der Waals surface area contributed by atoms with Gasteiger partial charge in [-0.05, 0) is 32.8 Å². The van der Waals surface area contributed by atoms with E-state index in [4.69, 9.17) is 0 Å². The van der Waals surface area contributed by atoms with Crippen molar-refractivity contribution in [2.75, 3.05) is 0 Å². The Balaban J connectivity index is 4.33. The summed E-state index contributed by atoms with van der Waals surface area (Å²) in [6, 6.07) is 0. The fourth-order valence-electron chi connectivity index (χ4n) is 0.771. The molecule has 0 rings (SSSR count). The maximum absolute atomic E-state index is 11.4. The number of hydrogen-bond donors (Lipinski definition) is 1. The minimum atomic E-state index is -1.22. The predicted molar refractivity (Wildman–Crippen MR) is 59.1 cm³/mol. The monoisotopic (exact) mass is 196 g/mol. The van der Waals surface area contributed by atoms with Crippen molar-refractivity contribution >= 4 is 5.78 Å². The van der Waals surface area contributed by atoms with Crippen LogP contribution in [0.2, 0.25) is 0 Å². The number of aliphatic hydroxyl groups is 1. The van der Waals surface area contributed by atoms with E-state index in [0.717, 1.165) is 6.42 Å². The number of carbonyl (C=O) groups excluding carboxylic acids is 1. The minimum Gasteiger partial charge on any atom is -0.382 e. The zero-order valence-electron chi connectivity index (χ0n) is 9.50. The first-order valence-corrected chi connectivity index (χ1v) is 5.04. The summed E-state index contributed by atoms with van der Waals surface area (Å²) < 4.78 is 0. The van der Waals surface area contributed by atoms with Gasteiger partial charge in [0.2, 0.25) is 0 Å². The van der Waals surface area contributed by atoms with E-state index in [1.807, 2.05) is 13.0 Å². The van der Waals surface area contributed by atoms with Gasteiger partial charge in [-0.1, -0.05) is 31.6 Å². The van der Waals surface area contributed by atoms with E-state index in [0.29, 0.717) is 6.42 Å². The molecule has 0 spiro atoms. The SMILES string of the molecule is CC/C(C)=C/C=C\C(=O)C(C)(O)CC. The molecule has 2 heteroatoms. The van der Waals surface area contributed by atoms with Gasteiger partial charge in [0.05, 0.1) is 0 Å². The third kappa shape index (κ3) is 4.38. The van der Waals surface area contributed by atoms with Crippen molar-refractivity contribution < 1.29 is 9.90 Å². The third-order valence-electron chi connectivity index (χ3n) is 2.41. The van der Waals surface area contributed by atoms with E-state index in [-0.39, 0.29) is 5.78 Å². The van der Waals surface area contributed by atoms with Crippen LogP contribution >= 0.6 is 0 Å². The van der Waals surface area contributed by atoms with E-state index in [1.165, 1.54) is 18.6 Å². The second-order valence-corrected chi connectivity index (χ2v) is 3.72. The van der Waals surface area contributed by atoms with Crippen LogP contribution in [0.4, 0.5) is 0 Å². The number of hydrogen-bond acceptors (Lipinski definition) is 2. The highest BCUT2D eigenvalue weighted by Gasteiger charge is 2.24. The fraction of sp³-hybridized carbons (Fsp3) is 0.583. The van der Waals surface area contributed by atoms with Crippen molar-refractivity contribution in [3.63, 3.8) is 0 Å². The van der Waals surface area contributed by atoms with Crippen LogP contribution in [0.15, 0.2) is 23.8 Å². The van der Waals surface area contributed by atoms with Crippen LogP contribution in [0.1, 0.15) is 40.5 Å². The summed E-state index contributed by atoms with van der Waals surface area (Å²) in [5.74, 6) is -0.236. The van der Waals surface area contributed by atoms with Gasteiger partial charge < -0.3 is 5.11 Å². The van der Waals surface area contributed by atoms with Gasteiger partial charge in [0.15, 0.2) is 5.78 Å². The molecule has 0 aliphatic rings. The van der Waals surface area contributed by atoms with Crippen molar-refractivity contribution in [1.82, 2.24) is 0 Å². The molecule has 0 heterocycles. The Kier molecular flexibility index (Phi) is 5.39. The standard InChI is InChI=1S/C12H20O2/c1-5-10(3)8-7-9-11(13)12(4,14)6-2/h7-9,14H,5-6H2,1-4H3/b9-7-,10-8+. The molecule has 0 bridgehead atoms. The molecule has 0 aromatic carbocycles. The van der Waals surface area contributed by atoms with E-state index in [9.17, 15) is 9.90 Å². The molecule has 1 atom stereocenters. The second kappa shape index (κ2) is 5.76. The number of ketones is 1. The highest BCUT2D eigenvalue weighted by Crippen LogP contribution is 2.10. The highest BCUT2D eigenvalue weighted by molar-refractivity contribution is 5.96. The lowest BCUT2D eigenvalue weighted by Crippen LogP contribution is -2.32. The largest absolute Gasteiger partial charge is 0.382 e. The molecule has 0 aromatic heterocycles. The zero-order chi connectivity index (χ0) is 11.2. The molecule has 0 amide bonds. The quantitative estimate of drug-likeness (QED) is 0.542. The molecule has 0 radical (unpaired) electrons. The van der Waals surface area contributed by atoms with Crippen LogP contribution in [-0.4, -0.2) is 16.5 Å². The van der Waals surface area contributed by atoms with Crippen molar-refractivity contribution in [2.45, 2.75) is 46.1 Å².